The molecule has 3 aliphatic rings. The van der Waals surface area contributed by atoms with Crippen LogP contribution in [0, 0.1) is 0 Å². The van der Waals surface area contributed by atoms with Crippen LogP contribution in [0.5, 0.6) is 5.88 Å². The molecule has 2 bridgehead atoms. The van der Waals surface area contributed by atoms with E-state index in [-0.39, 0.29) is 30.7 Å². The maximum atomic E-state index is 13.3. The monoisotopic (exact) mass is 473 g/mol. The zero-order chi connectivity index (χ0) is 24.0. The number of ether oxygens (including phenoxy) is 3. The standard InChI is InChI=1S/C27H27N3O5/c1-33-25-11-10-24(28-29-25)27(32)12-17-14-34-15-18(13-27)30(17)26(31)35-16-23-21-8-4-2-6-19(21)20-7-3-5-9-22(20)23/h2-11,17-18,23,32H,12-16H2,1H3. The lowest BCUT2D eigenvalue weighted by molar-refractivity contribution is -0.138. The topological polar surface area (TPSA) is 94.0 Å². The molecule has 1 N–H and O–H groups in total. The number of nitrogens with zero attached hydrogens (tertiary/aromatic N) is 3. The van der Waals surface area contributed by atoms with Crippen molar-refractivity contribution < 1.29 is 24.1 Å². The predicted octanol–water partition coefficient (Wildman–Crippen LogP) is 3.49. The van der Waals surface area contributed by atoms with E-state index in [0.29, 0.717) is 37.6 Å². The van der Waals surface area contributed by atoms with E-state index in [1.165, 1.54) is 29.4 Å². The predicted molar refractivity (Wildman–Crippen MR) is 127 cm³/mol. The molecule has 2 saturated heterocycles. The normalized spacial score (nSPS) is 25.0. The molecular weight excluding hydrogens is 446 g/mol. The lowest BCUT2D eigenvalue weighted by Gasteiger charge is -2.50. The zero-order valence-electron chi connectivity index (χ0n) is 19.5. The SMILES string of the molecule is COc1ccc(C2(O)CC3COCC(C2)N3C(=O)OCC2c3ccccc3-c3ccccc32)nn1. The lowest BCUT2D eigenvalue weighted by atomic mass is 9.79. The molecule has 0 saturated carbocycles. The zero-order valence-corrected chi connectivity index (χ0v) is 19.5. The second-order valence-corrected chi connectivity index (χ2v) is 9.46. The fourth-order valence-corrected chi connectivity index (χ4v) is 5.83. The summed E-state index contributed by atoms with van der Waals surface area (Å²) in [6.45, 7) is 0.942. The van der Waals surface area contributed by atoms with Crippen LogP contribution in [-0.4, -0.2) is 65.3 Å². The van der Waals surface area contributed by atoms with E-state index in [1.54, 1.807) is 17.0 Å². The molecule has 0 spiro atoms. The largest absolute Gasteiger partial charge is 0.480 e. The van der Waals surface area contributed by atoms with Crippen LogP contribution in [0.25, 0.3) is 11.1 Å². The molecule has 3 aromatic rings. The first-order chi connectivity index (χ1) is 17.1. The molecule has 6 rings (SSSR count). The number of benzene rings is 2. The molecule has 8 heteroatoms. The van der Waals surface area contributed by atoms with E-state index in [9.17, 15) is 9.90 Å². The minimum absolute atomic E-state index is 0.00117. The van der Waals surface area contributed by atoms with E-state index in [0.717, 1.165) is 0 Å². The van der Waals surface area contributed by atoms with E-state index in [2.05, 4.69) is 34.5 Å². The second-order valence-electron chi connectivity index (χ2n) is 9.46. The average Bonchev–Trinajstić information content (AvgIpc) is 3.20. The number of fused-ring (bicyclic) bond motifs is 5. The van der Waals surface area contributed by atoms with Crippen LogP contribution < -0.4 is 4.74 Å². The van der Waals surface area contributed by atoms with Crippen LogP contribution in [0.4, 0.5) is 4.79 Å². The molecule has 3 heterocycles. The first-order valence-electron chi connectivity index (χ1n) is 11.9. The van der Waals surface area contributed by atoms with Gasteiger partial charge in [0.1, 0.15) is 12.2 Å². The summed E-state index contributed by atoms with van der Waals surface area (Å²) in [4.78, 5) is 15.1. The van der Waals surface area contributed by atoms with Gasteiger partial charge in [0, 0.05) is 24.8 Å². The molecule has 1 amide bonds. The van der Waals surface area contributed by atoms with Crippen LogP contribution in [0.2, 0.25) is 0 Å². The number of rotatable bonds is 4. The number of methoxy groups -OCH3 is 1. The fourth-order valence-electron chi connectivity index (χ4n) is 5.83. The summed E-state index contributed by atoms with van der Waals surface area (Å²) < 4.78 is 16.7. The second kappa shape index (κ2) is 8.62. The van der Waals surface area contributed by atoms with Crippen molar-refractivity contribution in [2.24, 2.45) is 0 Å². The van der Waals surface area contributed by atoms with Gasteiger partial charge in [-0.1, -0.05) is 48.5 Å². The summed E-state index contributed by atoms with van der Waals surface area (Å²) in [5, 5.41) is 19.6. The highest BCUT2D eigenvalue weighted by atomic mass is 16.6. The summed E-state index contributed by atoms with van der Waals surface area (Å²) in [5.74, 6) is 0.385. The van der Waals surface area contributed by atoms with Crippen LogP contribution in [0.1, 0.15) is 35.6 Å². The van der Waals surface area contributed by atoms with Gasteiger partial charge in [-0.25, -0.2) is 4.79 Å². The van der Waals surface area contributed by atoms with Crippen molar-refractivity contribution in [3.8, 4) is 17.0 Å². The van der Waals surface area contributed by atoms with Gasteiger partial charge in [-0.3, -0.25) is 4.90 Å². The highest BCUT2D eigenvalue weighted by molar-refractivity contribution is 5.79. The summed E-state index contributed by atoms with van der Waals surface area (Å²) in [6, 6.07) is 19.3. The Kier molecular flexibility index (Phi) is 5.42. The first kappa shape index (κ1) is 22.0. The summed E-state index contributed by atoms with van der Waals surface area (Å²) in [6.07, 6.45) is 0.233. The minimum Gasteiger partial charge on any atom is -0.480 e. The Morgan fingerprint density at radius 2 is 1.63 bits per heavy atom. The lowest BCUT2D eigenvalue weighted by Crippen LogP contribution is -2.62. The molecule has 8 nitrogen and oxygen atoms in total. The van der Waals surface area contributed by atoms with E-state index in [4.69, 9.17) is 14.2 Å². The third-order valence-electron chi connectivity index (χ3n) is 7.43. The Balaban J connectivity index is 1.19. The van der Waals surface area contributed by atoms with Gasteiger partial charge < -0.3 is 19.3 Å². The molecule has 2 unspecified atom stereocenters. The first-order valence-corrected chi connectivity index (χ1v) is 11.9. The Bertz CT molecular complexity index is 1190. The minimum atomic E-state index is -1.20. The van der Waals surface area contributed by atoms with E-state index >= 15 is 0 Å². The number of carbonyl (C=O) groups excluding carboxylic acids is 1. The smallest absolute Gasteiger partial charge is 0.410 e. The Morgan fingerprint density at radius 1 is 1.00 bits per heavy atom. The van der Waals surface area contributed by atoms with Gasteiger partial charge in [0.15, 0.2) is 0 Å². The summed E-state index contributed by atoms with van der Waals surface area (Å²) >= 11 is 0. The van der Waals surface area contributed by atoms with Gasteiger partial charge in [-0.2, -0.15) is 0 Å². The third-order valence-corrected chi connectivity index (χ3v) is 7.43. The van der Waals surface area contributed by atoms with Gasteiger partial charge in [-0.15, -0.1) is 10.2 Å². The van der Waals surface area contributed by atoms with Gasteiger partial charge in [0.25, 0.3) is 0 Å². The third kappa shape index (κ3) is 3.73. The summed E-state index contributed by atoms with van der Waals surface area (Å²) in [5.41, 5.74) is 4.02. The Labute approximate surface area is 203 Å². The fraction of sp³-hybridized carbons (Fsp3) is 0.370. The molecule has 1 aromatic heterocycles. The number of hydrogen-bond acceptors (Lipinski definition) is 7. The van der Waals surface area contributed by atoms with Crippen molar-refractivity contribution in [1.82, 2.24) is 15.1 Å². The molecule has 180 valence electrons. The quantitative estimate of drug-likeness (QED) is 0.620. The van der Waals surface area contributed by atoms with Crippen LogP contribution >= 0.6 is 0 Å². The van der Waals surface area contributed by atoms with Crippen molar-refractivity contribution in [3.63, 3.8) is 0 Å². The molecule has 35 heavy (non-hydrogen) atoms. The number of hydrogen-bond donors (Lipinski definition) is 1. The van der Waals surface area contributed by atoms with Crippen LogP contribution in [0.3, 0.4) is 0 Å². The molecular formula is C27H27N3O5. The van der Waals surface area contributed by atoms with Gasteiger partial charge >= 0.3 is 6.09 Å². The van der Waals surface area contributed by atoms with Crippen molar-refractivity contribution in [1.29, 1.82) is 0 Å². The Hall–Kier alpha value is -3.49. The van der Waals surface area contributed by atoms with Gasteiger partial charge in [-0.05, 0) is 28.3 Å². The van der Waals surface area contributed by atoms with Gasteiger partial charge in [0.05, 0.1) is 38.1 Å². The molecule has 2 aliphatic heterocycles. The molecule has 0 radical (unpaired) electrons. The van der Waals surface area contributed by atoms with Crippen molar-refractivity contribution in [2.45, 2.75) is 36.4 Å². The maximum absolute atomic E-state index is 13.3. The molecule has 2 aromatic carbocycles. The molecule has 2 atom stereocenters. The number of amides is 1. The van der Waals surface area contributed by atoms with Crippen LogP contribution in [-0.2, 0) is 15.1 Å². The number of aliphatic hydroxyl groups is 1. The highest BCUT2D eigenvalue weighted by Crippen LogP contribution is 2.45. The average molecular weight is 474 g/mol. The van der Waals surface area contributed by atoms with E-state index < -0.39 is 5.60 Å². The highest BCUT2D eigenvalue weighted by Gasteiger charge is 2.50. The number of aromatic nitrogens is 2. The Morgan fingerprint density at radius 3 is 2.20 bits per heavy atom. The van der Waals surface area contributed by atoms with Crippen molar-refractivity contribution >= 4 is 6.09 Å². The van der Waals surface area contributed by atoms with Crippen molar-refractivity contribution in [2.75, 3.05) is 26.9 Å². The number of carbonyl (C=O) groups is 1. The molecule has 1 aliphatic carbocycles. The number of morpholine rings is 1. The van der Waals surface area contributed by atoms with E-state index in [1.807, 2.05) is 24.3 Å². The maximum Gasteiger partial charge on any atom is 0.410 e. The van der Waals surface area contributed by atoms with Crippen LogP contribution in [0.15, 0.2) is 60.7 Å². The molecule has 2 fully saturated rings. The van der Waals surface area contributed by atoms with Gasteiger partial charge in [0.2, 0.25) is 5.88 Å². The number of piperidine rings is 1. The summed E-state index contributed by atoms with van der Waals surface area (Å²) in [7, 11) is 1.52. The van der Waals surface area contributed by atoms with Crippen molar-refractivity contribution in [3.05, 3.63) is 77.5 Å².